The van der Waals surface area contributed by atoms with Crippen molar-refractivity contribution in [2.24, 2.45) is 0 Å². The van der Waals surface area contributed by atoms with Crippen molar-refractivity contribution in [2.75, 3.05) is 4.90 Å². The molecule has 356 valence electrons. The Balaban J connectivity index is 0.915. The molecule has 76 heavy (non-hydrogen) atoms. The molecule has 1 aliphatic carbocycles. The van der Waals surface area contributed by atoms with Crippen LogP contribution in [0.3, 0.4) is 0 Å². The minimum Gasteiger partial charge on any atom is -0.309 e. The van der Waals surface area contributed by atoms with Crippen molar-refractivity contribution < 1.29 is 0 Å². The van der Waals surface area contributed by atoms with E-state index >= 15 is 0 Å². The molecule has 14 aromatic rings. The van der Waals surface area contributed by atoms with Gasteiger partial charge in [0.1, 0.15) is 0 Å². The molecule has 2 heterocycles. The molecule has 0 saturated carbocycles. The number of hydrogen-bond acceptors (Lipinski definition) is 1. The number of fused-ring (bicyclic) bond motifs is 13. The first-order valence-electron chi connectivity index (χ1n) is 26.7. The van der Waals surface area contributed by atoms with Crippen LogP contribution in [0, 0.1) is 0 Å². The van der Waals surface area contributed by atoms with E-state index in [2.05, 4.69) is 290 Å². The summed E-state index contributed by atoms with van der Waals surface area (Å²) in [4.78, 5) is 2.60. The Morgan fingerprint density at radius 2 is 0.921 bits per heavy atom. The van der Waals surface area contributed by atoms with Crippen molar-refractivity contribution >= 4 is 111 Å². The van der Waals surface area contributed by atoms with Gasteiger partial charge in [0.15, 0.2) is 8.07 Å². The maximum Gasteiger partial charge on any atom is 0.184 e. The third kappa shape index (κ3) is 5.97. The smallest absolute Gasteiger partial charge is 0.184 e. The van der Waals surface area contributed by atoms with E-state index in [4.69, 9.17) is 0 Å². The van der Waals surface area contributed by atoms with Gasteiger partial charge in [-0.1, -0.05) is 220 Å². The van der Waals surface area contributed by atoms with Crippen LogP contribution in [0.25, 0.3) is 92.8 Å². The largest absolute Gasteiger partial charge is 0.309 e. The minimum atomic E-state index is -3.00. The average Bonchev–Trinajstić information content (AvgIpc) is 3.94. The fourth-order valence-corrected chi connectivity index (χ4v) is 19.2. The van der Waals surface area contributed by atoms with Crippen LogP contribution in [0.2, 0.25) is 0 Å². The zero-order valence-electron chi connectivity index (χ0n) is 42.3. The molecule has 2 aliphatic rings. The molecule has 16 rings (SSSR count). The van der Waals surface area contributed by atoms with Crippen LogP contribution in [0.4, 0.5) is 17.1 Å². The van der Waals surface area contributed by atoms with E-state index in [9.17, 15) is 0 Å². The lowest BCUT2D eigenvalue weighted by Gasteiger charge is -2.45. The minimum absolute atomic E-state index is 0.0956. The number of nitrogens with zero attached hydrogens (tertiary/aromatic N) is 2. The Hall–Kier alpha value is -9.28. The van der Waals surface area contributed by atoms with E-state index in [1.807, 2.05) is 0 Å². The highest BCUT2D eigenvalue weighted by Gasteiger charge is 2.49. The van der Waals surface area contributed by atoms with Crippen LogP contribution < -0.4 is 25.6 Å². The molecule has 0 amide bonds. The number of benzene rings is 13. The van der Waals surface area contributed by atoms with Crippen LogP contribution in [0.1, 0.15) is 25.0 Å². The van der Waals surface area contributed by atoms with Gasteiger partial charge in [-0.3, -0.25) is 0 Å². The molecule has 0 radical (unpaired) electrons. The molecular formula is C73H50N2Si. The second-order valence-electron chi connectivity index (χ2n) is 21.6. The lowest BCUT2D eigenvalue weighted by molar-refractivity contribution is 0.666. The lowest BCUT2D eigenvalue weighted by Crippen LogP contribution is -2.77. The highest BCUT2D eigenvalue weighted by molar-refractivity contribution is 7.21. The summed E-state index contributed by atoms with van der Waals surface area (Å²) in [5.74, 6) is 0. The number of rotatable bonds is 5. The summed E-state index contributed by atoms with van der Waals surface area (Å²) in [7, 11) is -3.00. The van der Waals surface area contributed by atoms with E-state index < -0.39 is 8.07 Å². The first-order chi connectivity index (χ1) is 37.4. The predicted molar refractivity (Wildman–Crippen MR) is 326 cm³/mol. The Morgan fingerprint density at radius 1 is 0.342 bits per heavy atom. The van der Waals surface area contributed by atoms with Crippen LogP contribution >= 0.6 is 0 Å². The maximum atomic E-state index is 2.60. The maximum absolute atomic E-state index is 3.00. The van der Waals surface area contributed by atoms with E-state index in [-0.39, 0.29) is 5.41 Å². The third-order valence-corrected chi connectivity index (χ3v) is 22.1. The van der Waals surface area contributed by atoms with Gasteiger partial charge in [-0.05, 0) is 147 Å². The topological polar surface area (TPSA) is 8.17 Å². The van der Waals surface area contributed by atoms with Gasteiger partial charge in [0, 0.05) is 44.0 Å². The molecule has 0 spiro atoms. The summed E-state index contributed by atoms with van der Waals surface area (Å²) in [6.45, 7) is 4.78. The van der Waals surface area contributed by atoms with Gasteiger partial charge in [0.25, 0.3) is 0 Å². The second kappa shape index (κ2) is 16.1. The summed E-state index contributed by atoms with van der Waals surface area (Å²) in [5, 5.41) is 18.0. The summed E-state index contributed by atoms with van der Waals surface area (Å²) >= 11 is 0. The first kappa shape index (κ1) is 43.1. The molecule has 0 saturated heterocycles. The third-order valence-electron chi connectivity index (χ3n) is 17.3. The molecule has 1 aromatic heterocycles. The molecule has 1 aliphatic heterocycles. The SMILES string of the molecule is CC1(C)c2ccccc2-c2ccc3cc4ccc(-n5c6ccccc6c6cc(-c7ccc8c(c7)[Si](c7ccccc7)(c7ccccc7)c7ccccc7N8c7c8ccccc8cc8ccccc78)ccc65)cc4cc3c21. The first-order valence-corrected chi connectivity index (χ1v) is 28.7. The lowest BCUT2D eigenvalue weighted by atomic mass is 9.80. The van der Waals surface area contributed by atoms with Gasteiger partial charge in [0.2, 0.25) is 0 Å². The van der Waals surface area contributed by atoms with Gasteiger partial charge in [-0.15, -0.1) is 0 Å². The molecular weight excluding hydrogens is 933 g/mol. The van der Waals surface area contributed by atoms with Crippen LogP contribution in [0.15, 0.2) is 267 Å². The van der Waals surface area contributed by atoms with Crippen molar-refractivity contribution in [1.29, 1.82) is 0 Å². The van der Waals surface area contributed by atoms with Crippen molar-refractivity contribution in [1.82, 2.24) is 4.57 Å². The second-order valence-corrected chi connectivity index (χ2v) is 25.3. The van der Waals surface area contributed by atoms with E-state index in [1.165, 1.54) is 136 Å². The molecule has 3 heteroatoms. The molecule has 0 atom stereocenters. The average molecular weight is 983 g/mol. The van der Waals surface area contributed by atoms with Gasteiger partial charge in [-0.2, -0.15) is 0 Å². The van der Waals surface area contributed by atoms with Gasteiger partial charge in [0.05, 0.1) is 16.7 Å². The quantitative estimate of drug-likeness (QED) is 0.123. The number of para-hydroxylation sites is 2. The van der Waals surface area contributed by atoms with E-state index in [0.29, 0.717) is 0 Å². The highest BCUT2D eigenvalue weighted by atomic mass is 28.3. The van der Waals surface area contributed by atoms with Gasteiger partial charge >= 0.3 is 0 Å². The van der Waals surface area contributed by atoms with Crippen molar-refractivity contribution in [3.8, 4) is 27.9 Å². The standard InChI is InChI=1S/C73H50N2Si/c1-73(2)64-29-15-13-27-59(64)61-38-34-52-41-47-33-37-54(43-53(47)45-62(52)71(61)73)74-65-30-16-14-28-60(65)63-44-48(35-39-66(63)74)49-36-40-68-70(46-49)76(55-21-5-3-6-22-55,56-23-7-4-8-24-56)69-32-18-17-31-67(69)75(68)72-57-25-11-9-19-50(57)42-51-20-10-12-26-58(51)72/h3-46H,1-2H3. The Kier molecular flexibility index (Phi) is 9.15. The van der Waals surface area contributed by atoms with Gasteiger partial charge < -0.3 is 9.47 Å². The van der Waals surface area contributed by atoms with Crippen molar-refractivity contribution in [2.45, 2.75) is 19.3 Å². The molecule has 0 fully saturated rings. The Morgan fingerprint density at radius 3 is 1.70 bits per heavy atom. The number of aromatic nitrogens is 1. The van der Waals surface area contributed by atoms with E-state index in [0.717, 1.165) is 5.69 Å². The highest BCUT2D eigenvalue weighted by Crippen LogP contribution is 2.52. The molecule has 0 N–H and O–H groups in total. The molecule has 0 unspecified atom stereocenters. The number of anilines is 3. The van der Waals surface area contributed by atoms with Crippen LogP contribution in [0.5, 0.6) is 0 Å². The summed E-state index contributed by atoms with van der Waals surface area (Å²) < 4.78 is 2.48. The van der Waals surface area contributed by atoms with Crippen LogP contribution in [-0.4, -0.2) is 12.6 Å². The normalized spacial score (nSPS) is 14.1. The molecule has 0 bridgehead atoms. The monoisotopic (exact) mass is 982 g/mol. The number of hydrogen-bond donors (Lipinski definition) is 0. The molecule has 13 aromatic carbocycles. The zero-order chi connectivity index (χ0) is 50.3. The summed E-state index contributed by atoms with van der Waals surface area (Å²) in [6.07, 6.45) is 0. The fourth-order valence-electron chi connectivity index (χ4n) is 14.0. The zero-order valence-corrected chi connectivity index (χ0v) is 43.3. The fraction of sp³-hybridized carbons (Fsp3) is 0.0411. The Bertz CT molecular complexity index is 4650. The Labute approximate surface area is 443 Å². The van der Waals surface area contributed by atoms with Crippen molar-refractivity contribution in [3.63, 3.8) is 0 Å². The van der Waals surface area contributed by atoms with E-state index in [1.54, 1.807) is 0 Å². The summed E-state index contributed by atoms with van der Waals surface area (Å²) in [5.41, 5.74) is 15.1. The van der Waals surface area contributed by atoms with Gasteiger partial charge in [-0.25, -0.2) is 0 Å². The van der Waals surface area contributed by atoms with Crippen molar-refractivity contribution in [3.05, 3.63) is 278 Å². The summed E-state index contributed by atoms with van der Waals surface area (Å²) in [6, 6.07) is 101. The molecule has 2 nitrogen and oxygen atoms in total. The van der Waals surface area contributed by atoms with Crippen LogP contribution in [-0.2, 0) is 5.41 Å². The predicted octanol–water partition coefficient (Wildman–Crippen LogP) is 16.5.